The molecule has 0 heterocycles. The molecule has 0 aliphatic heterocycles. The first-order valence-corrected chi connectivity index (χ1v) is 6.08. The highest BCUT2D eigenvalue weighted by Crippen LogP contribution is 2.25. The number of benzene rings is 2. The molecule has 0 bridgehead atoms. The Morgan fingerprint density at radius 1 is 1.00 bits per heavy atom. The second-order valence-electron chi connectivity index (χ2n) is 4.29. The van der Waals surface area contributed by atoms with Crippen LogP contribution >= 0.6 is 0 Å². The van der Waals surface area contributed by atoms with E-state index in [1.807, 2.05) is 19.1 Å². The van der Waals surface area contributed by atoms with E-state index >= 15 is 0 Å². The number of nitrogens with two attached hydrogens (primary N) is 1. The lowest BCUT2D eigenvalue weighted by Gasteiger charge is -2.10. The Morgan fingerprint density at radius 3 is 2.11 bits per heavy atom. The Kier molecular flexibility index (Phi) is 4.12. The lowest BCUT2D eigenvalue weighted by atomic mass is 10.1. The summed E-state index contributed by atoms with van der Waals surface area (Å²) in [4.78, 5) is 0. The van der Waals surface area contributed by atoms with Crippen LogP contribution < -0.4 is 10.5 Å². The molecule has 2 nitrogen and oxygen atoms in total. The number of rotatable bonds is 4. The van der Waals surface area contributed by atoms with Gasteiger partial charge in [-0.25, -0.2) is 8.78 Å². The van der Waals surface area contributed by atoms with E-state index in [-0.39, 0.29) is 11.8 Å². The van der Waals surface area contributed by atoms with E-state index in [1.54, 1.807) is 12.1 Å². The Morgan fingerprint density at radius 2 is 1.58 bits per heavy atom. The molecule has 2 aromatic carbocycles. The normalized spacial score (nSPS) is 12.2. The maximum absolute atomic E-state index is 13.0. The smallest absolute Gasteiger partial charge is 0.133 e. The van der Waals surface area contributed by atoms with Crippen LogP contribution in [0.2, 0.25) is 0 Å². The van der Waals surface area contributed by atoms with E-state index in [0.29, 0.717) is 5.75 Å². The zero-order valence-electron chi connectivity index (χ0n) is 10.6. The number of hydrogen-bond donors (Lipinski definition) is 1. The molecule has 0 spiro atoms. The molecule has 0 aliphatic carbocycles. The second-order valence-corrected chi connectivity index (χ2v) is 4.29. The predicted molar refractivity (Wildman–Crippen MR) is 70.1 cm³/mol. The first-order chi connectivity index (χ1) is 9.08. The Bertz CT molecular complexity index is 534. The summed E-state index contributed by atoms with van der Waals surface area (Å²) >= 11 is 0. The average Bonchev–Trinajstić information content (AvgIpc) is 2.37. The second kappa shape index (κ2) is 5.80. The van der Waals surface area contributed by atoms with Crippen molar-refractivity contribution in [1.82, 2.24) is 0 Å². The molecule has 1 atom stereocenters. The van der Waals surface area contributed by atoms with Crippen molar-refractivity contribution in [2.24, 2.45) is 5.73 Å². The van der Waals surface area contributed by atoms with Crippen LogP contribution in [-0.2, 0) is 0 Å². The highest BCUT2D eigenvalue weighted by molar-refractivity contribution is 5.34. The van der Waals surface area contributed by atoms with Crippen molar-refractivity contribution in [3.63, 3.8) is 0 Å². The first-order valence-electron chi connectivity index (χ1n) is 6.08. The van der Waals surface area contributed by atoms with E-state index in [1.165, 1.54) is 0 Å². The number of ether oxygens (including phenoxy) is 1. The molecular formula is C15H15F2NO. The highest BCUT2D eigenvalue weighted by Gasteiger charge is 2.05. The first kappa shape index (κ1) is 13.5. The number of hydrogen-bond acceptors (Lipinski definition) is 2. The van der Waals surface area contributed by atoms with Crippen molar-refractivity contribution >= 4 is 0 Å². The summed E-state index contributed by atoms with van der Waals surface area (Å²) in [5.41, 5.74) is 6.90. The van der Waals surface area contributed by atoms with Gasteiger partial charge in [0.05, 0.1) is 0 Å². The van der Waals surface area contributed by atoms with Gasteiger partial charge >= 0.3 is 0 Å². The van der Waals surface area contributed by atoms with Gasteiger partial charge in [-0.2, -0.15) is 0 Å². The van der Waals surface area contributed by atoms with Crippen LogP contribution in [0.15, 0.2) is 42.5 Å². The van der Waals surface area contributed by atoms with Crippen molar-refractivity contribution in [3.05, 3.63) is 59.7 Å². The molecule has 19 heavy (non-hydrogen) atoms. The van der Waals surface area contributed by atoms with Crippen molar-refractivity contribution in [2.75, 3.05) is 0 Å². The zero-order chi connectivity index (χ0) is 13.8. The van der Waals surface area contributed by atoms with E-state index in [9.17, 15) is 8.78 Å². The van der Waals surface area contributed by atoms with Gasteiger partial charge in [-0.1, -0.05) is 19.1 Å². The minimum atomic E-state index is -0.667. The fourth-order valence-electron chi connectivity index (χ4n) is 1.74. The van der Waals surface area contributed by atoms with E-state index in [4.69, 9.17) is 10.5 Å². The summed E-state index contributed by atoms with van der Waals surface area (Å²) in [5, 5.41) is 0. The van der Waals surface area contributed by atoms with Gasteiger partial charge < -0.3 is 10.5 Å². The monoisotopic (exact) mass is 263 g/mol. The molecule has 0 radical (unpaired) electrons. The average molecular weight is 263 g/mol. The minimum Gasteiger partial charge on any atom is -0.457 e. The molecule has 4 heteroatoms. The lowest BCUT2D eigenvalue weighted by Crippen LogP contribution is -2.08. The van der Waals surface area contributed by atoms with Crippen LogP contribution in [0.5, 0.6) is 11.5 Å². The summed E-state index contributed by atoms with van der Waals surface area (Å²) in [7, 11) is 0. The quantitative estimate of drug-likeness (QED) is 0.898. The van der Waals surface area contributed by atoms with Gasteiger partial charge in [-0.3, -0.25) is 0 Å². The Balaban J connectivity index is 2.15. The van der Waals surface area contributed by atoms with Gasteiger partial charge in [-0.05, 0) is 24.1 Å². The molecule has 0 saturated heterocycles. The zero-order valence-corrected chi connectivity index (χ0v) is 10.6. The molecule has 2 rings (SSSR count). The van der Waals surface area contributed by atoms with Crippen molar-refractivity contribution in [1.29, 1.82) is 0 Å². The van der Waals surface area contributed by atoms with E-state index in [2.05, 4.69) is 0 Å². The third-order valence-corrected chi connectivity index (χ3v) is 2.82. The summed E-state index contributed by atoms with van der Waals surface area (Å²) in [6, 6.07) is 10.2. The molecule has 0 aromatic heterocycles. The Hall–Kier alpha value is -1.94. The highest BCUT2D eigenvalue weighted by atomic mass is 19.1. The van der Waals surface area contributed by atoms with Gasteiger partial charge in [-0.15, -0.1) is 0 Å². The van der Waals surface area contributed by atoms with Crippen molar-refractivity contribution in [2.45, 2.75) is 19.4 Å². The molecule has 0 aliphatic rings. The van der Waals surface area contributed by atoms with Gasteiger partial charge in [0.15, 0.2) is 0 Å². The van der Waals surface area contributed by atoms with Crippen molar-refractivity contribution in [3.8, 4) is 11.5 Å². The van der Waals surface area contributed by atoms with Crippen LogP contribution in [0.3, 0.4) is 0 Å². The molecule has 0 amide bonds. The molecule has 0 fully saturated rings. The van der Waals surface area contributed by atoms with Gasteiger partial charge in [0.25, 0.3) is 0 Å². The summed E-state index contributed by atoms with van der Waals surface area (Å²) in [6.07, 6.45) is 0.843. The van der Waals surface area contributed by atoms with Crippen LogP contribution in [-0.4, -0.2) is 0 Å². The maximum Gasteiger partial charge on any atom is 0.133 e. The standard InChI is InChI=1S/C15H15F2NO/c1-2-15(18)10-3-5-13(6-4-10)19-14-8-11(16)7-12(17)9-14/h3-9,15H,2,18H2,1H3/t15-/m1/s1. The molecule has 2 N–H and O–H groups in total. The molecule has 2 aromatic rings. The lowest BCUT2D eigenvalue weighted by molar-refractivity contribution is 0.468. The third kappa shape index (κ3) is 3.51. The largest absolute Gasteiger partial charge is 0.457 e. The Labute approximate surface area is 110 Å². The minimum absolute atomic E-state index is 0.0133. The van der Waals surface area contributed by atoms with Gasteiger partial charge in [0.1, 0.15) is 23.1 Å². The number of halogens is 2. The molecule has 0 saturated carbocycles. The maximum atomic E-state index is 13.0. The van der Waals surface area contributed by atoms with E-state index < -0.39 is 11.6 Å². The summed E-state index contributed by atoms with van der Waals surface area (Å²) < 4.78 is 31.4. The van der Waals surface area contributed by atoms with Gasteiger partial charge in [0, 0.05) is 24.2 Å². The van der Waals surface area contributed by atoms with Gasteiger partial charge in [0.2, 0.25) is 0 Å². The third-order valence-electron chi connectivity index (χ3n) is 2.82. The molecule has 100 valence electrons. The van der Waals surface area contributed by atoms with Crippen LogP contribution in [0.1, 0.15) is 24.9 Å². The predicted octanol–water partition coefficient (Wildman–Crippen LogP) is 4.17. The van der Waals surface area contributed by atoms with Crippen molar-refractivity contribution < 1.29 is 13.5 Å². The fraction of sp³-hybridized carbons (Fsp3) is 0.200. The van der Waals surface area contributed by atoms with E-state index in [0.717, 1.165) is 30.2 Å². The SMILES string of the molecule is CC[C@@H](N)c1ccc(Oc2cc(F)cc(F)c2)cc1. The summed E-state index contributed by atoms with van der Waals surface area (Å²) in [5.74, 6) is -0.693. The topological polar surface area (TPSA) is 35.2 Å². The molecular weight excluding hydrogens is 248 g/mol. The fourth-order valence-corrected chi connectivity index (χ4v) is 1.74. The van der Waals surface area contributed by atoms with Crippen LogP contribution in [0.4, 0.5) is 8.78 Å². The van der Waals surface area contributed by atoms with Crippen LogP contribution in [0, 0.1) is 11.6 Å². The summed E-state index contributed by atoms with van der Waals surface area (Å²) in [6.45, 7) is 2.00. The molecule has 0 unspecified atom stereocenters. The van der Waals surface area contributed by atoms with Crippen LogP contribution in [0.25, 0.3) is 0 Å².